The van der Waals surface area contributed by atoms with Gasteiger partial charge in [0.2, 0.25) is 10.0 Å². The van der Waals surface area contributed by atoms with E-state index in [2.05, 4.69) is 29.2 Å². The third kappa shape index (κ3) is 3.05. The van der Waals surface area contributed by atoms with Crippen LogP contribution in [0.4, 0.5) is 0 Å². The van der Waals surface area contributed by atoms with Gasteiger partial charge in [0.1, 0.15) is 0 Å². The maximum atomic E-state index is 11.8. The highest BCUT2D eigenvalue weighted by molar-refractivity contribution is 7.88. The van der Waals surface area contributed by atoms with E-state index in [-0.39, 0.29) is 0 Å². The first-order valence-electron chi connectivity index (χ1n) is 7.25. The van der Waals surface area contributed by atoms with Gasteiger partial charge in [-0.1, -0.05) is 30.3 Å². The molecule has 1 aromatic carbocycles. The van der Waals surface area contributed by atoms with Crippen LogP contribution in [0, 0.1) is 5.92 Å². The summed E-state index contributed by atoms with van der Waals surface area (Å²) < 4.78 is 25.3. The molecule has 1 aromatic rings. The molecule has 5 heteroatoms. The first-order valence-corrected chi connectivity index (χ1v) is 9.10. The summed E-state index contributed by atoms with van der Waals surface area (Å²) in [5.41, 5.74) is 1.31. The average molecular weight is 294 g/mol. The third-order valence-electron chi connectivity index (χ3n) is 4.49. The molecule has 20 heavy (non-hydrogen) atoms. The first kappa shape index (κ1) is 14.0. The van der Waals surface area contributed by atoms with Crippen LogP contribution in [0.1, 0.15) is 18.4 Å². The van der Waals surface area contributed by atoms with Gasteiger partial charge in [-0.15, -0.1) is 0 Å². The summed E-state index contributed by atoms with van der Waals surface area (Å²) in [4.78, 5) is 2.47. The van der Waals surface area contributed by atoms with Crippen molar-refractivity contribution in [3.05, 3.63) is 35.9 Å². The van der Waals surface area contributed by atoms with E-state index in [1.807, 2.05) is 6.07 Å². The van der Waals surface area contributed by atoms with Crippen LogP contribution < -0.4 is 0 Å². The average Bonchev–Trinajstić information content (AvgIpc) is 2.71. The zero-order valence-electron chi connectivity index (χ0n) is 11.9. The van der Waals surface area contributed by atoms with Crippen molar-refractivity contribution >= 4 is 10.0 Å². The molecule has 3 heterocycles. The Morgan fingerprint density at radius 3 is 2.55 bits per heavy atom. The summed E-state index contributed by atoms with van der Waals surface area (Å²) in [6, 6.07) is 10.8. The summed E-state index contributed by atoms with van der Waals surface area (Å²) in [7, 11) is -3.06. The normalized spacial score (nSPS) is 28.4. The third-order valence-corrected chi connectivity index (χ3v) is 5.73. The second-order valence-corrected chi connectivity index (χ2v) is 8.07. The second kappa shape index (κ2) is 5.47. The summed E-state index contributed by atoms with van der Waals surface area (Å²) in [5.74, 6) is 0.479. The Kier molecular flexibility index (Phi) is 3.84. The summed E-state index contributed by atoms with van der Waals surface area (Å²) in [5, 5.41) is 0. The van der Waals surface area contributed by atoms with Crippen LogP contribution in [0.15, 0.2) is 30.3 Å². The maximum Gasteiger partial charge on any atom is 0.211 e. The molecule has 4 nitrogen and oxygen atoms in total. The van der Waals surface area contributed by atoms with Gasteiger partial charge in [0, 0.05) is 32.2 Å². The molecule has 0 spiro atoms. The van der Waals surface area contributed by atoms with Gasteiger partial charge in [-0.3, -0.25) is 4.90 Å². The largest absolute Gasteiger partial charge is 0.294 e. The molecule has 3 aliphatic rings. The van der Waals surface area contributed by atoms with Crippen molar-refractivity contribution < 1.29 is 8.42 Å². The van der Waals surface area contributed by atoms with Crippen LogP contribution in [0.2, 0.25) is 0 Å². The van der Waals surface area contributed by atoms with E-state index in [0.29, 0.717) is 25.0 Å². The Labute approximate surface area is 121 Å². The molecule has 2 atom stereocenters. The molecule has 3 aliphatic heterocycles. The zero-order chi connectivity index (χ0) is 14.2. The lowest BCUT2D eigenvalue weighted by Crippen LogP contribution is -2.43. The summed E-state index contributed by atoms with van der Waals surface area (Å²) >= 11 is 0. The van der Waals surface area contributed by atoms with Crippen molar-refractivity contribution in [3.8, 4) is 0 Å². The highest BCUT2D eigenvalue weighted by Crippen LogP contribution is 2.30. The number of hydrogen-bond donors (Lipinski definition) is 0. The number of benzene rings is 1. The van der Waals surface area contributed by atoms with Crippen molar-refractivity contribution in [2.75, 3.05) is 25.9 Å². The Bertz CT molecular complexity index is 558. The summed E-state index contributed by atoms with van der Waals surface area (Å²) in [6.07, 6.45) is 3.60. The van der Waals surface area contributed by atoms with Crippen molar-refractivity contribution in [2.24, 2.45) is 5.92 Å². The van der Waals surface area contributed by atoms with Crippen molar-refractivity contribution in [1.82, 2.24) is 9.21 Å². The number of hydrogen-bond acceptors (Lipinski definition) is 3. The highest BCUT2D eigenvalue weighted by Gasteiger charge is 2.37. The minimum absolute atomic E-state index is 0.365. The molecule has 0 radical (unpaired) electrons. The van der Waals surface area contributed by atoms with Crippen LogP contribution in [0.25, 0.3) is 0 Å². The predicted octanol–water partition coefficient (Wildman–Crippen LogP) is 1.54. The molecule has 3 saturated heterocycles. The van der Waals surface area contributed by atoms with Gasteiger partial charge in [0.15, 0.2) is 0 Å². The van der Waals surface area contributed by atoms with Gasteiger partial charge in [-0.05, 0) is 24.3 Å². The van der Waals surface area contributed by atoms with Gasteiger partial charge in [0.05, 0.1) is 6.26 Å². The van der Waals surface area contributed by atoms with Crippen LogP contribution in [0.3, 0.4) is 0 Å². The van der Waals surface area contributed by atoms with Gasteiger partial charge < -0.3 is 0 Å². The first-order chi connectivity index (χ1) is 9.52. The number of piperidine rings is 1. The Balaban J connectivity index is 1.76. The van der Waals surface area contributed by atoms with Gasteiger partial charge >= 0.3 is 0 Å². The molecule has 0 amide bonds. The summed E-state index contributed by atoms with van der Waals surface area (Å²) in [6.45, 7) is 3.30. The monoisotopic (exact) mass is 294 g/mol. The topological polar surface area (TPSA) is 40.6 Å². The van der Waals surface area contributed by atoms with Crippen LogP contribution in [0.5, 0.6) is 0 Å². The van der Waals surface area contributed by atoms with Crippen LogP contribution >= 0.6 is 0 Å². The number of fused-ring (bicyclic) bond motifs is 4. The molecule has 0 aliphatic carbocycles. The van der Waals surface area contributed by atoms with E-state index in [9.17, 15) is 8.42 Å². The molecule has 0 aromatic heterocycles. The van der Waals surface area contributed by atoms with E-state index in [0.717, 1.165) is 25.9 Å². The van der Waals surface area contributed by atoms with E-state index < -0.39 is 10.0 Å². The predicted molar refractivity (Wildman–Crippen MR) is 79.8 cm³/mol. The van der Waals surface area contributed by atoms with Gasteiger partial charge in [-0.2, -0.15) is 0 Å². The fraction of sp³-hybridized carbons (Fsp3) is 0.600. The molecule has 0 saturated carbocycles. The lowest BCUT2D eigenvalue weighted by molar-refractivity contribution is 0.125. The number of nitrogens with zero attached hydrogens (tertiary/aromatic N) is 2. The number of sulfonamides is 1. The molecular weight excluding hydrogens is 272 g/mol. The van der Waals surface area contributed by atoms with E-state index in [4.69, 9.17) is 0 Å². The Morgan fingerprint density at radius 1 is 1.10 bits per heavy atom. The standard InChI is InChI=1S/C15H22N2O2S/c1-20(18,19)17-11-14-7-8-15(12-17)16(10-14)9-13-5-3-2-4-6-13/h2-6,14-15H,7-12H2,1H3/t14-,15-/m0/s1. The Hall–Kier alpha value is -0.910. The van der Waals surface area contributed by atoms with E-state index >= 15 is 0 Å². The van der Waals surface area contributed by atoms with Crippen molar-refractivity contribution in [2.45, 2.75) is 25.4 Å². The molecule has 110 valence electrons. The minimum Gasteiger partial charge on any atom is -0.294 e. The highest BCUT2D eigenvalue weighted by atomic mass is 32.2. The lowest BCUT2D eigenvalue weighted by atomic mass is 9.94. The smallest absolute Gasteiger partial charge is 0.211 e. The van der Waals surface area contributed by atoms with Gasteiger partial charge in [-0.25, -0.2) is 12.7 Å². The fourth-order valence-electron chi connectivity index (χ4n) is 3.42. The van der Waals surface area contributed by atoms with Crippen LogP contribution in [-0.4, -0.2) is 49.6 Å². The van der Waals surface area contributed by atoms with Crippen molar-refractivity contribution in [1.29, 1.82) is 0 Å². The molecular formula is C15H22N2O2S. The molecule has 4 rings (SSSR count). The molecule has 0 unspecified atom stereocenters. The van der Waals surface area contributed by atoms with Crippen molar-refractivity contribution in [3.63, 3.8) is 0 Å². The SMILES string of the molecule is CS(=O)(=O)N1C[C@H]2CC[C@@H](C1)N(Cc1ccccc1)C2. The second-order valence-electron chi connectivity index (χ2n) is 6.09. The zero-order valence-corrected chi connectivity index (χ0v) is 12.7. The maximum absolute atomic E-state index is 11.8. The van der Waals surface area contributed by atoms with Gasteiger partial charge in [0.25, 0.3) is 0 Å². The quantitative estimate of drug-likeness (QED) is 0.849. The van der Waals surface area contributed by atoms with Crippen LogP contribution in [-0.2, 0) is 16.6 Å². The number of rotatable bonds is 3. The Morgan fingerprint density at radius 2 is 1.85 bits per heavy atom. The fourth-order valence-corrected chi connectivity index (χ4v) is 4.34. The molecule has 3 fully saturated rings. The minimum atomic E-state index is -3.06. The molecule has 0 N–H and O–H groups in total. The van der Waals surface area contributed by atoms with E-state index in [1.54, 1.807) is 4.31 Å². The lowest BCUT2D eigenvalue weighted by Gasteiger charge is -2.36. The molecule has 2 bridgehead atoms. The van der Waals surface area contributed by atoms with E-state index in [1.165, 1.54) is 11.8 Å².